The molecule has 0 atom stereocenters. The van der Waals surface area contributed by atoms with Crippen LogP contribution in [0.3, 0.4) is 0 Å². The Labute approximate surface area is 152 Å². The lowest BCUT2D eigenvalue weighted by Gasteiger charge is -2.06. The molecule has 1 heterocycles. The van der Waals surface area contributed by atoms with Gasteiger partial charge in [0.2, 0.25) is 0 Å². The van der Waals surface area contributed by atoms with Gasteiger partial charge in [-0.25, -0.2) is 15.0 Å². The minimum atomic E-state index is 0.640. The van der Waals surface area contributed by atoms with Crippen LogP contribution in [0.15, 0.2) is 91.0 Å². The van der Waals surface area contributed by atoms with Crippen LogP contribution in [-0.2, 0) is 0 Å². The van der Waals surface area contributed by atoms with Crippen LogP contribution in [0.25, 0.3) is 34.9 Å². The van der Waals surface area contributed by atoms with Crippen molar-refractivity contribution in [2.24, 2.45) is 0 Å². The monoisotopic (exact) mass is 335 g/mol. The fraction of sp³-hybridized carbons (Fsp3) is 0. The van der Waals surface area contributed by atoms with Crippen LogP contribution in [-0.4, -0.2) is 15.0 Å². The van der Waals surface area contributed by atoms with Gasteiger partial charge in [0, 0.05) is 11.1 Å². The molecule has 4 aromatic rings. The first-order valence-electron chi connectivity index (χ1n) is 8.48. The highest BCUT2D eigenvalue weighted by atomic mass is 15.0. The lowest BCUT2D eigenvalue weighted by molar-refractivity contribution is 1.05. The van der Waals surface area contributed by atoms with E-state index in [9.17, 15) is 0 Å². The van der Waals surface area contributed by atoms with Crippen LogP contribution in [0, 0.1) is 0 Å². The van der Waals surface area contributed by atoms with Crippen LogP contribution < -0.4 is 0 Å². The highest BCUT2D eigenvalue weighted by Crippen LogP contribution is 2.20. The summed E-state index contributed by atoms with van der Waals surface area (Å²) in [6, 6.07) is 30.1. The zero-order chi connectivity index (χ0) is 17.6. The van der Waals surface area contributed by atoms with Gasteiger partial charge in [-0.05, 0) is 11.6 Å². The Kier molecular flexibility index (Phi) is 4.61. The summed E-state index contributed by atoms with van der Waals surface area (Å²) in [5.41, 5.74) is 3.05. The van der Waals surface area contributed by atoms with E-state index in [1.807, 2.05) is 103 Å². The van der Waals surface area contributed by atoms with E-state index in [1.165, 1.54) is 0 Å². The number of benzene rings is 3. The largest absolute Gasteiger partial charge is 0.209 e. The van der Waals surface area contributed by atoms with E-state index >= 15 is 0 Å². The fourth-order valence-electron chi connectivity index (χ4n) is 2.63. The molecule has 0 aliphatic heterocycles. The number of rotatable bonds is 4. The Morgan fingerprint density at radius 3 is 1.42 bits per heavy atom. The third-order valence-electron chi connectivity index (χ3n) is 3.94. The third-order valence-corrected chi connectivity index (χ3v) is 3.94. The highest BCUT2D eigenvalue weighted by molar-refractivity contribution is 5.69. The number of aromatic nitrogens is 3. The van der Waals surface area contributed by atoms with Crippen LogP contribution >= 0.6 is 0 Å². The SMILES string of the molecule is C(=Cc1nc(-c2ccccc2)nc(-c2ccccc2)n1)c1ccccc1. The molecule has 3 nitrogen and oxygen atoms in total. The zero-order valence-electron chi connectivity index (χ0n) is 14.2. The van der Waals surface area contributed by atoms with Crippen molar-refractivity contribution in [2.45, 2.75) is 0 Å². The zero-order valence-corrected chi connectivity index (χ0v) is 14.2. The Balaban J connectivity index is 1.79. The van der Waals surface area contributed by atoms with E-state index in [1.54, 1.807) is 0 Å². The molecule has 0 amide bonds. The van der Waals surface area contributed by atoms with Crippen molar-refractivity contribution in [1.82, 2.24) is 15.0 Å². The van der Waals surface area contributed by atoms with Gasteiger partial charge in [0.05, 0.1) is 0 Å². The summed E-state index contributed by atoms with van der Waals surface area (Å²) >= 11 is 0. The second kappa shape index (κ2) is 7.53. The van der Waals surface area contributed by atoms with E-state index in [-0.39, 0.29) is 0 Å². The number of hydrogen-bond acceptors (Lipinski definition) is 3. The maximum absolute atomic E-state index is 4.67. The quantitative estimate of drug-likeness (QED) is 0.503. The van der Waals surface area contributed by atoms with Crippen LogP contribution in [0.2, 0.25) is 0 Å². The summed E-state index contributed by atoms with van der Waals surface area (Å²) in [6.45, 7) is 0. The highest BCUT2D eigenvalue weighted by Gasteiger charge is 2.08. The van der Waals surface area contributed by atoms with Gasteiger partial charge >= 0.3 is 0 Å². The van der Waals surface area contributed by atoms with Crippen molar-refractivity contribution < 1.29 is 0 Å². The maximum Gasteiger partial charge on any atom is 0.164 e. The van der Waals surface area contributed by atoms with Gasteiger partial charge in [-0.1, -0.05) is 97.1 Å². The first kappa shape index (κ1) is 15.9. The van der Waals surface area contributed by atoms with E-state index in [0.717, 1.165) is 16.7 Å². The molecule has 1 aromatic heterocycles. The van der Waals surface area contributed by atoms with Gasteiger partial charge in [-0.15, -0.1) is 0 Å². The molecule has 0 fully saturated rings. The molecule has 124 valence electrons. The molecule has 3 heteroatoms. The Hall–Kier alpha value is -3.59. The van der Waals surface area contributed by atoms with E-state index < -0.39 is 0 Å². The van der Waals surface area contributed by atoms with Gasteiger partial charge in [0.15, 0.2) is 17.5 Å². The van der Waals surface area contributed by atoms with Crippen LogP contribution in [0.1, 0.15) is 11.4 Å². The molecule has 3 aromatic carbocycles. The van der Waals surface area contributed by atoms with E-state index in [4.69, 9.17) is 0 Å². The first-order valence-corrected chi connectivity index (χ1v) is 8.48. The Morgan fingerprint density at radius 2 is 0.923 bits per heavy atom. The van der Waals surface area contributed by atoms with Crippen LogP contribution in [0.5, 0.6) is 0 Å². The van der Waals surface area contributed by atoms with Gasteiger partial charge in [0.25, 0.3) is 0 Å². The van der Waals surface area contributed by atoms with Crippen molar-refractivity contribution >= 4 is 12.2 Å². The molecule has 0 N–H and O–H groups in total. The topological polar surface area (TPSA) is 38.7 Å². The van der Waals surface area contributed by atoms with Crippen molar-refractivity contribution in [3.8, 4) is 22.8 Å². The van der Waals surface area contributed by atoms with E-state index in [2.05, 4.69) is 15.0 Å². The Morgan fingerprint density at radius 1 is 0.462 bits per heavy atom. The van der Waals surface area contributed by atoms with Crippen molar-refractivity contribution in [3.63, 3.8) is 0 Å². The molecule has 0 saturated heterocycles. The molecule has 0 aliphatic rings. The summed E-state index contributed by atoms with van der Waals surface area (Å²) in [5.74, 6) is 1.99. The third kappa shape index (κ3) is 3.73. The lowest BCUT2D eigenvalue weighted by Crippen LogP contribution is -1.99. The molecule has 0 spiro atoms. The number of nitrogens with zero attached hydrogens (tertiary/aromatic N) is 3. The minimum Gasteiger partial charge on any atom is -0.209 e. The molecule has 0 saturated carbocycles. The first-order chi connectivity index (χ1) is 12.9. The van der Waals surface area contributed by atoms with Crippen molar-refractivity contribution in [1.29, 1.82) is 0 Å². The molecule has 4 rings (SSSR count). The summed E-state index contributed by atoms with van der Waals surface area (Å²) in [5, 5.41) is 0. The second-order valence-electron chi connectivity index (χ2n) is 5.82. The summed E-state index contributed by atoms with van der Waals surface area (Å²) in [7, 11) is 0. The minimum absolute atomic E-state index is 0.640. The normalized spacial score (nSPS) is 10.9. The average molecular weight is 335 g/mol. The van der Waals surface area contributed by atoms with Crippen molar-refractivity contribution in [2.75, 3.05) is 0 Å². The predicted molar refractivity (Wildman–Crippen MR) is 106 cm³/mol. The summed E-state index contributed by atoms with van der Waals surface area (Å²) in [4.78, 5) is 13.9. The molecular weight excluding hydrogens is 318 g/mol. The molecule has 0 aliphatic carbocycles. The molecule has 0 unspecified atom stereocenters. The summed E-state index contributed by atoms with van der Waals surface area (Å²) in [6.07, 6.45) is 3.94. The second-order valence-corrected chi connectivity index (χ2v) is 5.82. The molecular formula is C23H17N3. The lowest BCUT2D eigenvalue weighted by atomic mass is 10.2. The van der Waals surface area contributed by atoms with Crippen LogP contribution in [0.4, 0.5) is 0 Å². The van der Waals surface area contributed by atoms with Crippen molar-refractivity contribution in [3.05, 3.63) is 102 Å². The number of hydrogen-bond donors (Lipinski definition) is 0. The van der Waals surface area contributed by atoms with Gasteiger partial charge in [0.1, 0.15) is 0 Å². The summed E-state index contributed by atoms with van der Waals surface area (Å²) < 4.78 is 0. The maximum atomic E-state index is 4.67. The average Bonchev–Trinajstić information content (AvgIpc) is 2.74. The predicted octanol–water partition coefficient (Wildman–Crippen LogP) is 5.38. The molecule has 26 heavy (non-hydrogen) atoms. The smallest absolute Gasteiger partial charge is 0.164 e. The van der Waals surface area contributed by atoms with Gasteiger partial charge < -0.3 is 0 Å². The fourth-order valence-corrected chi connectivity index (χ4v) is 2.63. The Bertz CT molecular complexity index is 953. The standard InChI is InChI=1S/C23H17N3/c1-4-10-18(11-5-1)16-17-21-24-22(19-12-6-2-7-13-19)26-23(25-21)20-14-8-3-9-15-20/h1-17H. The van der Waals surface area contributed by atoms with Gasteiger partial charge in [-0.2, -0.15) is 0 Å². The van der Waals surface area contributed by atoms with Gasteiger partial charge in [-0.3, -0.25) is 0 Å². The van der Waals surface area contributed by atoms with E-state index in [0.29, 0.717) is 17.5 Å². The molecule has 0 radical (unpaired) electrons. The molecule has 0 bridgehead atoms.